The van der Waals surface area contributed by atoms with Crippen LogP contribution in [-0.2, 0) is 9.59 Å². The van der Waals surface area contributed by atoms with Crippen LogP contribution in [0.15, 0.2) is 18.2 Å². The van der Waals surface area contributed by atoms with E-state index in [1.165, 1.54) is 6.07 Å². The predicted molar refractivity (Wildman–Crippen MR) is 109 cm³/mol. The molecule has 0 aliphatic carbocycles. The first-order valence-corrected chi connectivity index (χ1v) is 9.85. The topological polar surface area (TPSA) is 102 Å². The van der Waals surface area contributed by atoms with Crippen molar-refractivity contribution in [2.75, 3.05) is 49.5 Å². The average molecular weight is 390 g/mol. The summed E-state index contributed by atoms with van der Waals surface area (Å²) < 4.78 is 0. The standard InChI is InChI=1S/C20H30N4O4/c1-3-5-8-21-19(26)14-23-9-11-24(12-10-23)17-7-6-15(20(27)28)13-16(17)22-18(25)4-2/h6-7,13H,3-5,8-12,14H2,1-2H3,(H,21,26)(H,22,25)(H,27,28). The van der Waals surface area contributed by atoms with Crippen LogP contribution in [0.5, 0.6) is 0 Å². The average Bonchev–Trinajstić information content (AvgIpc) is 2.68. The molecule has 0 spiro atoms. The van der Waals surface area contributed by atoms with Crippen LogP contribution in [0.25, 0.3) is 0 Å². The van der Waals surface area contributed by atoms with E-state index >= 15 is 0 Å². The molecule has 2 rings (SSSR count). The molecule has 0 aromatic heterocycles. The van der Waals surface area contributed by atoms with Crippen molar-refractivity contribution in [1.82, 2.24) is 10.2 Å². The second-order valence-corrected chi connectivity index (χ2v) is 6.91. The highest BCUT2D eigenvalue weighted by atomic mass is 16.4. The minimum absolute atomic E-state index is 0.0450. The molecule has 0 saturated carbocycles. The molecule has 3 N–H and O–H groups in total. The van der Waals surface area contributed by atoms with Crippen molar-refractivity contribution < 1.29 is 19.5 Å². The second kappa shape index (κ2) is 10.7. The van der Waals surface area contributed by atoms with Gasteiger partial charge in [-0.05, 0) is 24.6 Å². The highest BCUT2D eigenvalue weighted by Crippen LogP contribution is 2.28. The minimum Gasteiger partial charge on any atom is -0.478 e. The number of anilines is 2. The molecule has 154 valence electrons. The van der Waals surface area contributed by atoms with E-state index in [9.17, 15) is 19.5 Å². The van der Waals surface area contributed by atoms with E-state index in [2.05, 4.69) is 27.4 Å². The largest absolute Gasteiger partial charge is 0.478 e. The molecule has 1 saturated heterocycles. The number of rotatable bonds is 9. The third-order valence-corrected chi connectivity index (χ3v) is 4.77. The van der Waals surface area contributed by atoms with Gasteiger partial charge in [0, 0.05) is 39.1 Å². The smallest absolute Gasteiger partial charge is 0.335 e. The van der Waals surface area contributed by atoms with Gasteiger partial charge in [0.25, 0.3) is 0 Å². The van der Waals surface area contributed by atoms with E-state index < -0.39 is 5.97 Å². The molecule has 8 nitrogen and oxygen atoms in total. The fraction of sp³-hybridized carbons (Fsp3) is 0.550. The molecule has 0 unspecified atom stereocenters. The summed E-state index contributed by atoms with van der Waals surface area (Å²) in [7, 11) is 0. The van der Waals surface area contributed by atoms with Gasteiger partial charge in [-0.1, -0.05) is 20.3 Å². The van der Waals surface area contributed by atoms with Crippen molar-refractivity contribution in [2.24, 2.45) is 0 Å². The highest BCUT2D eigenvalue weighted by molar-refractivity contribution is 5.97. The Hall–Kier alpha value is -2.61. The number of benzene rings is 1. The lowest BCUT2D eigenvalue weighted by atomic mass is 10.1. The summed E-state index contributed by atoms with van der Waals surface area (Å²) in [6.45, 7) is 7.78. The minimum atomic E-state index is -1.03. The zero-order chi connectivity index (χ0) is 20.5. The SMILES string of the molecule is CCCCNC(=O)CN1CCN(c2ccc(C(=O)O)cc2NC(=O)CC)CC1. The molecule has 28 heavy (non-hydrogen) atoms. The van der Waals surface area contributed by atoms with Crippen LogP contribution in [0.1, 0.15) is 43.5 Å². The van der Waals surface area contributed by atoms with Crippen molar-refractivity contribution in [3.8, 4) is 0 Å². The van der Waals surface area contributed by atoms with Gasteiger partial charge in [-0.2, -0.15) is 0 Å². The predicted octanol–water partition coefficient (Wildman–Crippen LogP) is 1.77. The van der Waals surface area contributed by atoms with Crippen LogP contribution in [0.4, 0.5) is 11.4 Å². The summed E-state index contributed by atoms with van der Waals surface area (Å²) in [5, 5.41) is 15.0. The number of carbonyl (C=O) groups is 3. The number of carboxylic acid groups (broad SMARTS) is 1. The van der Waals surface area contributed by atoms with Crippen LogP contribution in [0.3, 0.4) is 0 Å². The highest BCUT2D eigenvalue weighted by Gasteiger charge is 2.22. The van der Waals surface area contributed by atoms with E-state index in [1.807, 2.05) is 0 Å². The van der Waals surface area contributed by atoms with Gasteiger partial charge in [-0.25, -0.2) is 4.79 Å². The van der Waals surface area contributed by atoms with Crippen LogP contribution < -0.4 is 15.5 Å². The van der Waals surface area contributed by atoms with Crippen molar-refractivity contribution in [3.05, 3.63) is 23.8 Å². The Balaban J connectivity index is 1.99. The quantitative estimate of drug-likeness (QED) is 0.556. The maximum atomic E-state index is 12.0. The molecule has 1 aromatic carbocycles. The van der Waals surface area contributed by atoms with Gasteiger partial charge < -0.3 is 20.6 Å². The molecule has 1 heterocycles. The lowest BCUT2D eigenvalue weighted by molar-refractivity contribution is -0.122. The number of piperazine rings is 1. The molecule has 2 amide bonds. The number of aromatic carboxylic acids is 1. The van der Waals surface area contributed by atoms with Gasteiger partial charge in [-0.3, -0.25) is 14.5 Å². The Morgan fingerprint density at radius 1 is 1.07 bits per heavy atom. The maximum absolute atomic E-state index is 12.0. The molecule has 0 bridgehead atoms. The number of unbranched alkanes of at least 4 members (excludes halogenated alkanes) is 1. The molecular weight excluding hydrogens is 360 g/mol. The van der Waals surface area contributed by atoms with Gasteiger partial charge in [0.1, 0.15) is 0 Å². The Kier molecular flexibility index (Phi) is 8.25. The van der Waals surface area contributed by atoms with E-state index in [1.54, 1.807) is 19.1 Å². The first-order valence-electron chi connectivity index (χ1n) is 9.85. The van der Waals surface area contributed by atoms with Crippen molar-refractivity contribution in [2.45, 2.75) is 33.1 Å². The zero-order valence-corrected chi connectivity index (χ0v) is 16.7. The van der Waals surface area contributed by atoms with E-state index in [0.717, 1.165) is 31.6 Å². The van der Waals surface area contributed by atoms with Crippen molar-refractivity contribution >= 4 is 29.2 Å². The third-order valence-electron chi connectivity index (χ3n) is 4.77. The van der Waals surface area contributed by atoms with E-state index in [-0.39, 0.29) is 17.4 Å². The van der Waals surface area contributed by atoms with E-state index in [4.69, 9.17) is 0 Å². The number of nitrogens with zero attached hydrogens (tertiary/aromatic N) is 2. The number of amides is 2. The summed E-state index contributed by atoms with van der Waals surface area (Å²) in [5.41, 5.74) is 1.45. The molecular formula is C20H30N4O4. The number of carbonyl (C=O) groups excluding carboxylic acids is 2. The molecule has 1 aliphatic rings. The lowest BCUT2D eigenvalue weighted by Gasteiger charge is -2.36. The Bertz CT molecular complexity index is 699. The molecule has 8 heteroatoms. The fourth-order valence-electron chi connectivity index (χ4n) is 3.09. The van der Waals surface area contributed by atoms with Gasteiger partial charge in [0.2, 0.25) is 11.8 Å². The Morgan fingerprint density at radius 3 is 2.39 bits per heavy atom. The van der Waals surface area contributed by atoms with Crippen LogP contribution in [0, 0.1) is 0 Å². The van der Waals surface area contributed by atoms with E-state index in [0.29, 0.717) is 38.3 Å². The summed E-state index contributed by atoms with van der Waals surface area (Å²) >= 11 is 0. The summed E-state index contributed by atoms with van der Waals surface area (Å²) in [6, 6.07) is 4.79. The fourth-order valence-corrected chi connectivity index (χ4v) is 3.09. The van der Waals surface area contributed by atoms with Gasteiger partial charge in [0.05, 0.1) is 23.5 Å². The molecule has 0 atom stereocenters. The van der Waals surface area contributed by atoms with Gasteiger partial charge in [0.15, 0.2) is 0 Å². The van der Waals surface area contributed by atoms with Crippen LogP contribution in [0.2, 0.25) is 0 Å². The van der Waals surface area contributed by atoms with Gasteiger partial charge in [-0.15, -0.1) is 0 Å². The summed E-state index contributed by atoms with van der Waals surface area (Å²) in [5.74, 6) is -1.15. The molecule has 1 aromatic rings. The maximum Gasteiger partial charge on any atom is 0.335 e. The molecule has 1 aliphatic heterocycles. The summed E-state index contributed by atoms with van der Waals surface area (Å²) in [4.78, 5) is 39.3. The summed E-state index contributed by atoms with van der Waals surface area (Å²) in [6.07, 6.45) is 2.35. The van der Waals surface area contributed by atoms with Crippen LogP contribution >= 0.6 is 0 Å². The lowest BCUT2D eigenvalue weighted by Crippen LogP contribution is -2.49. The Labute approximate surface area is 165 Å². The number of nitrogens with one attached hydrogen (secondary N) is 2. The third kappa shape index (κ3) is 6.23. The zero-order valence-electron chi connectivity index (χ0n) is 16.7. The normalized spacial score (nSPS) is 14.6. The monoisotopic (exact) mass is 390 g/mol. The number of hydrogen-bond acceptors (Lipinski definition) is 5. The molecule has 1 fully saturated rings. The second-order valence-electron chi connectivity index (χ2n) is 6.91. The van der Waals surface area contributed by atoms with Crippen molar-refractivity contribution in [3.63, 3.8) is 0 Å². The van der Waals surface area contributed by atoms with Crippen LogP contribution in [-0.4, -0.2) is 67.1 Å². The van der Waals surface area contributed by atoms with Crippen molar-refractivity contribution in [1.29, 1.82) is 0 Å². The number of hydrogen-bond donors (Lipinski definition) is 3. The number of carboxylic acids is 1. The first kappa shape index (κ1) is 21.7. The molecule has 0 radical (unpaired) electrons. The van der Waals surface area contributed by atoms with Gasteiger partial charge >= 0.3 is 5.97 Å². The Morgan fingerprint density at radius 2 is 1.79 bits per heavy atom. The first-order chi connectivity index (χ1) is 13.4.